The zero-order valence-electron chi connectivity index (χ0n) is 6.89. The van der Waals surface area contributed by atoms with Crippen LogP contribution in [0, 0.1) is 0 Å². The fraction of sp³-hybridized carbons (Fsp3) is 0.500. The second-order valence-corrected chi connectivity index (χ2v) is 5.91. The number of rotatable bonds is 5. The van der Waals surface area contributed by atoms with Gasteiger partial charge in [-0.3, -0.25) is 0 Å². The molecule has 0 amide bonds. The van der Waals surface area contributed by atoms with Gasteiger partial charge >= 0.3 is 0 Å². The van der Waals surface area contributed by atoms with Crippen molar-refractivity contribution in [3.05, 3.63) is 24.6 Å². The first-order chi connectivity index (χ1) is 4.68. The van der Waals surface area contributed by atoms with Crippen LogP contribution in [0.25, 0.3) is 0 Å². The second-order valence-electron chi connectivity index (χ2n) is 2.44. The lowest BCUT2D eigenvalue weighted by molar-refractivity contribution is 0.318. The van der Waals surface area contributed by atoms with E-state index in [1.54, 1.807) is 0 Å². The lowest BCUT2D eigenvalue weighted by Gasteiger charge is -2.18. The molecular weight excluding hydrogens is 140 g/mol. The van der Waals surface area contributed by atoms with Crippen LogP contribution >= 0.6 is 0 Å². The predicted octanol–water partition coefficient (Wildman–Crippen LogP) is 2.44. The first-order valence-electron chi connectivity index (χ1n) is 3.59. The number of hydrogen-bond donors (Lipinski definition) is 0. The third kappa shape index (κ3) is 2.99. The van der Waals surface area contributed by atoms with Crippen molar-refractivity contribution < 1.29 is 4.43 Å². The minimum absolute atomic E-state index is 0.820. The van der Waals surface area contributed by atoms with E-state index in [2.05, 4.69) is 26.6 Å². The van der Waals surface area contributed by atoms with Gasteiger partial charge in [-0.2, -0.15) is 0 Å². The molecule has 0 unspecified atom stereocenters. The SMILES string of the molecule is C=C[Si](C)(C=C)OCCC. The summed E-state index contributed by atoms with van der Waals surface area (Å²) in [6, 6.07) is 0. The Bertz CT molecular complexity index is 112. The van der Waals surface area contributed by atoms with Gasteiger partial charge in [0.15, 0.2) is 0 Å². The van der Waals surface area contributed by atoms with E-state index in [0.29, 0.717) is 0 Å². The van der Waals surface area contributed by atoms with Crippen molar-refractivity contribution in [1.29, 1.82) is 0 Å². The highest BCUT2D eigenvalue weighted by Gasteiger charge is 2.18. The predicted molar refractivity (Wildman–Crippen MR) is 48.3 cm³/mol. The van der Waals surface area contributed by atoms with Crippen molar-refractivity contribution in [2.75, 3.05) is 6.61 Å². The van der Waals surface area contributed by atoms with Gasteiger partial charge in [0.2, 0.25) is 8.32 Å². The smallest absolute Gasteiger partial charge is 0.237 e. The molecule has 0 fully saturated rings. The molecule has 0 saturated carbocycles. The van der Waals surface area contributed by atoms with Crippen molar-refractivity contribution in [2.24, 2.45) is 0 Å². The molecule has 0 atom stereocenters. The van der Waals surface area contributed by atoms with Crippen LogP contribution in [-0.4, -0.2) is 14.9 Å². The van der Waals surface area contributed by atoms with E-state index >= 15 is 0 Å². The summed E-state index contributed by atoms with van der Waals surface area (Å²) in [5, 5.41) is 0. The first-order valence-corrected chi connectivity index (χ1v) is 6.16. The van der Waals surface area contributed by atoms with Gasteiger partial charge in [-0.05, 0) is 13.0 Å². The highest BCUT2D eigenvalue weighted by Crippen LogP contribution is 2.06. The maximum Gasteiger partial charge on any atom is 0.237 e. The molecule has 0 N–H and O–H groups in total. The molecule has 0 rings (SSSR count). The van der Waals surface area contributed by atoms with Crippen molar-refractivity contribution in [2.45, 2.75) is 19.9 Å². The summed E-state index contributed by atoms with van der Waals surface area (Å²) in [6.45, 7) is 12.4. The Hall–Kier alpha value is -0.343. The van der Waals surface area contributed by atoms with E-state index in [1.807, 2.05) is 11.4 Å². The van der Waals surface area contributed by atoms with Crippen LogP contribution in [0.2, 0.25) is 6.55 Å². The van der Waals surface area contributed by atoms with Crippen LogP contribution in [0.5, 0.6) is 0 Å². The lowest BCUT2D eigenvalue weighted by atomic mass is 10.5. The summed E-state index contributed by atoms with van der Waals surface area (Å²) in [6.07, 6.45) is 1.06. The second kappa shape index (κ2) is 4.47. The zero-order chi connectivity index (χ0) is 8.04. The topological polar surface area (TPSA) is 9.23 Å². The van der Waals surface area contributed by atoms with Gasteiger partial charge in [0, 0.05) is 6.61 Å². The van der Waals surface area contributed by atoms with Crippen molar-refractivity contribution in [3.63, 3.8) is 0 Å². The van der Waals surface area contributed by atoms with Crippen molar-refractivity contribution in [3.8, 4) is 0 Å². The van der Waals surface area contributed by atoms with E-state index < -0.39 is 8.32 Å². The summed E-state index contributed by atoms with van der Waals surface area (Å²) >= 11 is 0. The Morgan fingerprint density at radius 3 is 2.20 bits per heavy atom. The Balaban J connectivity index is 3.80. The Morgan fingerprint density at radius 2 is 1.90 bits per heavy atom. The standard InChI is InChI=1S/C8H16OSi/c1-5-8-9-10(4,6-2)7-3/h6-7H,2-3,5,8H2,1,4H3. The Kier molecular flexibility index (Phi) is 4.32. The molecule has 0 aromatic carbocycles. The molecule has 0 spiro atoms. The van der Waals surface area contributed by atoms with Gasteiger partial charge in [0.05, 0.1) is 0 Å². The quantitative estimate of drug-likeness (QED) is 0.556. The van der Waals surface area contributed by atoms with Gasteiger partial charge in [-0.1, -0.05) is 18.3 Å². The van der Waals surface area contributed by atoms with Crippen LogP contribution in [0.4, 0.5) is 0 Å². The molecule has 0 saturated heterocycles. The van der Waals surface area contributed by atoms with Crippen LogP contribution in [-0.2, 0) is 4.43 Å². The van der Waals surface area contributed by atoms with Crippen LogP contribution in [0.1, 0.15) is 13.3 Å². The maximum absolute atomic E-state index is 5.58. The van der Waals surface area contributed by atoms with E-state index in [4.69, 9.17) is 4.43 Å². The molecule has 0 bridgehead atoms. The molecule has 1 nitrogen and oxygen atoms in total. The van der Waals surface area contributed by atoms with Crippen LogP contribution in [0.3, 0.4) is 0 Å². The average molecular weight is 156 g/mol. The van der Waals surface area contributed by atoms with Crippen LogP contribution < -0.4 is 0 Å². The highest BCUT2D eigenvalue weighted by atomic mass is 28.4. The fourth-order valence-electron chi connectivity index (χ4n) is 0.523. The van der Waals surface area contributed by atoms with Crippen molar-refractivity contribution in [1.82, 2.24) is 0 Å². The van der Waals surface area contributed by atoms with E-state index in [1.165, 1.54) is 0 Å². The normalized spacial score (nSPS) is 11.0. The zero-order valence-corrected chi connectivity index (χ0v) is 7.89. The molecule has 0 aromatic rings. The first kappa shape index (κ1) is 9.66. The maximum atomic E-state index is 5.58. The largest absolute Gasteiger partial charge is 0.409 e. The Labute approximate surface area is 64.5 Å². The van der Waals surface area contributed by atoms with E-state index in [9.17, 15) is 0 Å². The van der Waals surface area contributed by atoms with Gasteiger partial charge in [-0.25, -0.2) is 0 Å². The van der Waals surface area contributed by atoms with E-state index in [0.717, 1.165) is 13.0 Å². The third-order valence-corrected chi connectivity index (χ3v) is 3.88. The molecule has 2 heteroatoms. The molecule has 0 heterocycles. The summed E-state index contributed by atoms with van der Waals surface area (Å²) in [7, 11) is -1.69. The molecular formula is C8H16OSi. The minimum Gasteiger partial charge on any atom is -0.409 e. The summed E-state index contributed by atoms with van der Waals surface area (Å²) in [4.78, 5) is 0. The van der Waals surface area contributed by atoms with Gasteiger partial charge in [-0.15, -0.1) is 13.2 Å². The lowest BCUT2D eigenvalue weighted by Crippen LogP contribution is -2.29. The molecule has 0 aliphatic rings. The molecule has 58 valence electrons. The average Bonchev–Trinajstić information content (AvgIpc) is 2.00. The van der Waals surface area contributed by atoms with Crippen LogP contribution in [0.15, 0.2) is 24.6 Å². The van der Waals surface area contributed by atoms with Crippen molar-refractivity contribution >= 4 is 8.32 Å². The highest BCUT2D eigenvalue weighted by molar-refractivity contribution is 6.82. The minimum atomic E-state index is -1.69. The van der Waals surface area contributed by atoms with Gasteiger partial charge in [0.1, 0.15) is 0 Å². The summed E-state index contributed by atoms with van der Waals surface area (Å²) < 4.78 is 5.58. The monoisotopic (exact) mass is 156 g/mol. The van der Waals surface area contributed by atoms with Gasteiger partial charge < -0.3 is 4.43 Å². The van der Waals surface area contributed by atoms with E-state index in [-0.39, 0.29) is 0 Å². The molecule has 0 aliphatic heterocycles. The summed E-state index contributed by atoms with van der Waals surface area (Å²) in [5.41, 5.74) is 3.80. The Morgan fingerprint density at radius 1 is 1.40 bits per heavy atom. The fourth-order valence-corrected chi connectivity index (χ4v) is 1.57. The summed E-state index contributed by atoms with van der Waals surface area (Å²) in [5.74, 6) is 0. The number of hydrogen-bond acceptors (Lipinski definition) is 1. The molecule has 0 aromatic heterocycles. The van der Waals surface area contributed by atoms with Gasteiger partial charge in [0.25, 0.3) is 0 Å². The third-order valence-electron chi connectivity index (χ3n) is 1.43. The molecule has 0 aliphatic carbocycles. The molecule has 0 radical (unpaired) electrons. The molecule has 10 heavy (non-hydrogen) atoms.